The molecule has 0 spiro atoms. The number of rotatable bonds is 4. The summed E-state index contributed by atoms with van der Waals surface area (Å²) in [5, 5.41) is 5.41. The second-order valence-electron chi connectivity index (χ2n) is 5.71. The van der Waals surface area contributed by atoms with Crippen molar-refractivity contribution in [3.63, 3.8) is 0 Å². The van der Waals surface area contributed by atoms with Crippen molar-refractivity contribution in [2.24, 2.45) is 0 Å². The van der Waals surface area contributed by atoms with Gasteiger partial charge in [-0.25, -0.2) is 0 Å². The van der Waals surface area contributed by atoms with Crippen LogP contribution >= 0.6 is 0 Å². The lowest BCUT2D eigenvalue weighted by Gasteiger charge is -2.18. The maximum Gasteiger partial charge on any atom is 0.244 e. The summed E-state index contributed by atoms with van der Waals surface area (Å²) in [5.74, 6) is -0.348. The van der Waals surface area contributed by atoms with Gasteiger partial charge in [0, 0.05) is 24.7 Å². The molecule has 0 unspecified atom stereocenters. The molecular weight excluding hydrogens is 266 g/mol. The van der Waals surface area contributed by atoms with Crippen LogP contribution in [0.4, 0.5) is 0 Å². The smallest absolute Gasteiger partial charge is 0.244 e. The SMILES string of the molecule is C=C(NC(C)=O)c1ccc(/C=C/C(=O)NC(C)(C)C)cn1. The zero-order valence-electron chi connectivity index (χ0n) is 12.9. The third-order valence-corrected chi connectivity index (χ3v) is 2.35. The molecule has 5 heteroatoms. The first-order valence-corrected chi connectivity index (χ1v) is 6.60. The lowest BCUT2D eigenvalue weighted by Crippen LogP contribution is -2.39. The van der Waals surface area contributed by atoms with Crippen molar-refractivity contribution in [2.45, 2.75) is 33.2 Å². The number of hydrogen-bond acceptors (Lipinski definition) is 3. The molecule has 1 aromatic heterocycles. The zero-order chi connectivity index (χ0) is 16.0. The van der Waals surface area contributed by atoms with Gasteiger partial charge in [0.2, 0.25) is 11.8 Å². The molecule has 2 N–H and O–H groups in total. The summed E-state index contributed by atoms with van der Waals surface area (Å²) >= 11 is 0. The summed E-state index contributed by atoms with van der Waals surface area (Å²) < 4.78 is 0. The highest BCUT2D eigenvalue weighted by atomic mass is 16.2. The van der Waals surface area contributed by atoms with Crippen LogP contribution in [0.25, 0.3) is 11.8 Å². The van der Waals surface area contributed by atoms with Crippen LogP contribution in [0.5, 0.6) is 0 Å². The standard InChI is InChI=1S/C16H21N3O2/c1-11(18-12(2)20)14-8-6-13(10-17-14)7-9-15(21)19-16(3,4)5/h6-10H,1H2,2-5H3,(H,18,20)(H,19,21)/b9-7+. The van der Waals surface area contributed by atoms with E-state index in [0.29, 0.717) is 11.4 Å². The van der Waals surface area contributed by atoms with E-state index in [-0.39, 0.29) is 17.4 Å². The Labute approximate surface area is 125 Å². The summed E-state index contributed by atoms with van der Waals surface area (Å²) in [6.07, 6.45) is 4.76. The molecular formula is C16H21N3O2. The topological polar surface area (TPSA) is 71.1 Å². The van der Waals surface area contributed by atoms with Crippen LogP contribution in [0.15, 0.2) is 31.0 Å². The van der Waals surface area contributed by atoms with Gasteiger partial charge in [-0.2, -0.15) is 0 Å². The molecule has 0 saturated heterocycles. The van der Waals surface area contributed by atoms with Gasteiger partial charge in [-0.1, -0.05) is 12.6 Å². The monoisotopic (exact) mass is 287 g/mol. The molecule has 5 nitrogen and oxygen atoms in total. The van der Waals surface area contributed by atoms with Gasteiger partial charge >= 0.3 is 0 Å². The minimum Gasteiger partial charge on any atom is -0.348 e. The normalized spacial score (nSPS) is 11.2. The Morgan fingerprint density at radius 2 is 1.95 bits per heavy atom. The van der Waals surface area contributed by atoms with Crippen molar-refractivity contribution in [2.75, 3.05) is 0 Å². The van der Waals surface area contributed by atoms with Gasteiger partial charge < -0.3 is 10.6 Å². The van der Waals surface area contributed by atoms with Gasteiger partial charge in [0.15, 0.2) is 0 Å². The van der Waals surface area contributed by atoms with Gasteiger partial charge in [-0.15, -0.1) is 0 Å². The molecule has 0 aromatic carbocycles. The van der Waals surface area contributed by atoms with E-state index in [1.165, 1.54) is 13.0 Å². The van der Waals surface area contributed by atoms with Crippen LogP contribution in [-0.4, -0.2) is 22.3 Å². The van der Waals surface area contributed by atoms with E-state index in [1.54, 1.807) is 24.4 Å². The van der Waals surface area contributed by atoms with Crippen molar-refractivity contribution >= 4 is 23.6 Å². The van der Waals surface area contributed by atoms with E-state index in [9.17, 15) is 9.59 Å². The van der Waals surface area contributed by atoms with Crippen LogP contribution in [-0.2, 0) is 9.59 Å². The minimum atomic E-state index is -0.264. The van der Waals surface area contributed by atoms with Crippen LogP contribution in [0.2, 0.25) is 0 Å². The molecule has 0 fully saturated rings. The average Bonchev–Trinajstić information content (AvgIpc) is 2.34. The van der Waals surface area contributed by atoms with E-state index >= 15 is 0 Å². The molecule has 21 heavy (non-hydrogen) atoms. The Kier molecular flexibility index (Phi) is 5.41. The van der Waals surface area contributed by atoms with E-state index in [2.05, 4.69) is 22.2 Å². The summed E-state index contributed by atoms with van der Waals surface area (Å²) in [6.45, 7) is 10.9. The molecule has 0 bridgehead atoms. The van der Waals surface area contributed by atoms with Gasteiger partial charge in [-0.3, -0.25) is 14.6 Å². The van der Waals surface area contributed by atoms with E-state index in [0.717, 1.165) is 5.56 Å². The van der Waals surface area contributed by atoms with Crippen LogP contribution in [0.3, 0.4) is 0 Å². The lowest BCUT2D eigenvalue weighted by molar-refractivity contribution is -0.118. The number of nitrogens with zero attached hydrogens (tertiary/aromatic N) is 1. The fraction of sp³-hybridized carbons (Fsp3) is 0.312. The number of aromatic nitrogens is 1. The predicted molar refractivity (Wildman–Crippen MR) is 84.0 cm³/mol. The maximum absolute atomic E-state index is 11.6. The minimum absolute atomic E-state index is 0.158. The van der Waals surface area contributed by atoms with Crippen molar-refractivity contribution in [3.8, 4) is 0 Å². The second-order valence-corrected chi connectivity index (χ2v) is 5.71. The summed E-state index contributed by atoms with van der Waals surface area (Å²) in [4.78, 5) is 26.8. The number of nitrogens with one attached hydrogen (secondary N) is 2. The van der Waals surface area contributed by atoms with E-state index in [1.807, 2.05) is 20.8 Å². The van der Waals surface area contributed by atoms with Crippen LogP contribution in [0, 0.1) is 0 Å². The largest absolute Gasteiger partial charge is 0.348 e. The fourth-order valence-corrected chi connectivity index (χ4v) is 1.54. The molecule has 0 saturated carbocycles. The van der Waals surface area contributed by atoms with Crippen LogP contribution < -0.4 is 10.6 Å². The molecule has 1 rings (SSSR count). The maximum atomic E-state index is 11.6. The molecule has 0 aliphatic carbocycles. The van der Waals surface area contributed by atoms with Gasteiger partial charge in [0.25, 0.3) is 0 Å². The Morgan fingerprint density at radius 1 is 1.29 bits per heavy atom. The highest BCUT2D eigenvalue weighted by molar-refractivity contribution is 5.92. The Balaban J connectivity index is 2.68. The van der Waals surface area contributed by atoms with E-state index < -0.39 is 0 Å². The third-order valence-electron chi connectivity index (χ3n) is 2.35. The first-order valence-electron chi connectivity index (χ1n) is 6.60. The Hall–Kier alpha value is -2.43. The van der Waals surface area contributed by atoms with Gasteiger partial charge in [0.05, 0.1) is 11.4 Å². The summed E-state index contributed by atoms with van der Waals surface area (Å²) in [7, 11) is 0. The molecule has 1 heterocycles. The predicted octanol–water partition coefficient (Wildman–Crippen LogP) is 2.12. The van der Waals surface area contributed by atoms with Crippen molar-refractivity contribution in [1.29, 1.82) is 0 Å². The molecule has 0 radical (unpaired) electrons. The first kappa shape index (κ1) is 16.6. The summed E-state index contributed by atoms with van der Waals surface area (Å²) in [5.41, 5.74) is 1.56. The lowest BCUT2D eigenvalue weighted by atomic mass is 10.1. The number of carbonyl (C=O) groups excluding carboxylic acids is 2. The molecule has 1 aromatic rings. The number of carbonyl (C=O) groups is 2. The number of amides is 2. The third kappa shape index (κ3) is 6.51. The summed E-state index contributed by atoms with van der Waals surface area (Å²) in [6, 6.07) is 3.54. The Bertz CT molecular complexity index is 566. The molecule has 0 aliphatic rings. The van der Waals surface area contributed by atoms with Crippen molar-refractivity contribution < 1.29 is 9.59 Å². The Morgan fingerprint density at radius 3 is 2.43 bits per heavy atom. The quantitative estimate of drug-likeness (QED) is 0.833. The van der Waals surface area contributed by atoms with Crippen molar-refractivity contribution in [1.82, 2.24) is 15.6 Å². The molecule has 112 valence electrons. The van der Waals surface area contributed by atoms with Crippen molar-refractivity contribution in [3.05, 3.63) is 42.2 Å². The number of hydrogen-bond donors (Lipinski definition) is 2. The highest BCUT2D eigenvalue weighted by Crippen LogP contribution is 2.08. The van der Waals surface area contributed by atoms with Gasteiger partial charge in [-0.05, 0) is 38.5 Å². The van der Waals surface area contributed by atoms with Crippen LogP contribution in [0.1, 0.15) is 39.0 Å². The average molecular weight is 287 g/mol. The fourth-order valence-electron chi connectivity index (χ4n) is 1.54. The second kappa shape index (κ2) is 6.83. The molecule has 0 atom stereocenters. The first-order chi connectivity index (χ1) is 9.67. The molecule has 2 amide bonds. The van der Waals surface area contributed by atoms with Gasteiger partial charge in [0.1, 0.15) is 0 Å². The zero-order valence-corrected chi connectivity index (χ0v) is 12.9. The highest BCUT2D eigenvalue weighted by Gasteiger charge is 2.11. The van der Waals surface area contributed by atoms with E-state index in [4.69, 9.17) is 0 Å². The molecule has 0 aliphatic heterocycles. The number of pyridine rings is 1.